The molecule has 0 spiro atoms. The van der Waals surface area contributed by atoms with Crippen molar-refractivity contribution >= 4 is 5.91 Å². The smallest absolute Gasteiger partial charge is 0.387 e. The largest absolute Gasteiger partial charge is 0.435 e. The van der Waals surface area contributed by atoms with Gasteiger partial charge in [-0.1, -0.05) is 19.1 Å². The Morgan fingerprint density at radius 1 is 1.35 bits per heavy atom. The van der Waals surface area contributed by atoms with Gasteiger partial charge in [-0.3, -0.25) is 4.79 Å². The quantitative estimate of drug-likeness (QED) is 0.767. The normalized spacial score (nSPS) is 12.2. The van der Waals surface area contributed by atoms with E-state index in [9.17, 15) is 13.6 Å². The first-order valence-electron chi connectivity index (χ1n) is 6.54. The van der Waals surface area contributed by atoms with E-state index in [1.165, 1.54) is 12.1 Å². The van der Waals surface area contributed by atoms with Crippen molar-refractivity contribution in [3.63, 3.8) is 0 Å². The third-order valence-electron chi connectivity index (χ3n) is 2.91. The minimum absolute atomic E-state index is 0.0203. The van der Waals surface area contributed by atoms with E-state index < -0.39 is 6.61 Å². The average Bonchev–Trinajstić information content (AvgIpc) is 2.40. The third kappa shape index (κ3) is 5.97. The van der Waals surface area contributed by atoms with Crippen molar-refractivity contribution < 1.29 is 18.3 Å². The fourth-order valence-electron chi connectivity index (χ4n) is 1.72. The predicted molar refractivity (Wildman–Crippen MR) is 72.6 cm³/mol. The molecule has 0 radical (unpaired) electrons. The number of hydrogen-bond donors (Lipinski definition) is 2. The van der Waals surface area contributed by atoms with E-state index in [1.807, 2.05) is 6.92 Å². The Kier molecular flexibility index (Phi) is 6.93. The van der Waals surface area contributed by atoms with Crippen LogP contribution in [0.25, 0.3) is 0 Å². The van der Waals surface area contributed by atoms with Crippen LogP contribution >= 0.6 is 0 Å². The summed E-state index contributed by atoms with van der Waals surface area (Å²) < 4.78 is 28.2. The molecule has 0 saturated heterocycles. The molecule has 0 aliphatic carbocycles. The SMILES string of the molecule is CC(CCN)C(=O)NCCc1ccc(OC(F)F)cc1. The van der Waals surface area contributed by atoms with E-state index >= 15 is 0 Å². The van der Waals surface area contributed by atoms with Crippen molar-refractivity contribution in [2.24, 2.45) is 11.7 Å². The van der Waals surface area contributed by atoms with Gasteiger partial charge >= 0.3 is 6.61 Å². The Hall–Kier alpha value is -1.69. The van der Waals surface area contributed by atoms with E-state index in [0.717, 1.165) is 5.56 Å². The van der Waals surface area contributed by atoms with E-state index in [0.29, 0.717) is 25.9 Å². The summed E-state index contributed by atoms with van der Waals surface area (Å²) in [5.41, 5.74) is 6.33. The maximum atomic E-state index is 12.0. The molecule has 0 saturated carbocycles. The van der Waals surface area contributed by atoms with E-state index in [4.69, 9.17) is 5.73 Å². The Morgan fingerprint density at radius 3 is 2.55 bits per heavy atom. The number of halogens is 2. The molecule has 1 amide bonds. The van der Waals surface area contributed by atoms with Gasteiger partial charge in [0, 0.05) is 12.5 Å². The fraction of sp³-hybridized carbons (Fsp3) is 0.500. The highest BCUT2D eigenvalue weighted by molar-refractivity contribution is 5.78. The maximum absolute atomic E-state index is 12.0. The molecular weight excluding hydrogens is 266 g/mol. The number of benzene rings is 1. The van der Waals surface area contributed by atoms with Crippen LogP contribution in [0, 0.1) is 5.92 Å². The molecule has 0 aliphatic heterocycles. The van der Waals surface area contributed by atoms with Gasteiger partial charge < -0.3 is 15.8 Å². The standard InChI is InChI=1S/C14H20F2N2O2/c1-10(6-8-17)13(19)18-9-7-11-2-4-12(5-3-11)20-14(15)16/h2-5,10,14H,6-9,17H2,1H3,(H,18,19). The number of ether oxygens (including phenoxy) is 1. The Bertz CT molecular complexity index is 410. The summed E-state index contributed by atoms with van der Waals surface area (Å²) in [4.78, 5) is 11.6. The number of rotatable bonds is 8. The van der Waals surface area contributed by atoms with Gasteiger partial charge in [0.15, 0.2) is 0 Å². The molecule has 112 valence electrons. The predicted octanol–water partition coefficient (Wildman–Crippen LogP) is 1.93. The first-order chi connectivity index (χ1) is 9.52. The first-order valence-corrected chi connectivity index (χ1v) is 6.54. The summed E-state index contributed by atoms with van der Waals surface area (Å²) >= 11 is 0. The Morgan fingerprint density at radius 2 is 2.00 bits per heavy atom. The lowest BCUT2D eigenvalue weighted by Gasteiger charge is -2.11. The minimum Gasteiger partial charge on any atom is -0.435 e. The van der Waals surface area contributed by atoms with Gasteiger partial charge in [-0.15, -0.1) is 0 Å². The highest BCUT2D eigenvalue weighted by Gasteiger charge is 2.10. The number of nitrogens with two attached hydrogens (primary N) is 1. The van der Waals surface area contributed by atoms with Crippen LogP contribution in [0.4, 0.5) is 8.78 Å². The molecule has 1 atom stereocenters. The number of alkyl halides is 2. The molecule has 0 heterocycles. The summed E-state index contributed by atoms with van der Waals surface area (Å²) in [6.07, 6.45) is 1.29. The monoisotopic (exact) mass is 286 g/mol. The van der Waals surface area contributed by atoms with Crippen molar-refractivity contribution in [2.45, 2.75) is 26.4 Å². The van der Waals surface area contributed by atoms with Gasteiger partial charge in [0.05, 0.1) is 0 Å². The summed E-state index contributed by atoms with van der Waals surface area (Å²) in [5, 5.41) is 2.82. The van der Waals surface area contributed by atoms with Crippen LogP contribution < -0.4 is 15.8 Å². The van der Waals surface area contributed by atoms with Crippen LogP contribution in [-0.4, -0.2) is 25.6 Å². The van der Waals surface area contributed by atoms with Crippen LogP contribution in [0.3, 0.4) is 0 Å². The summed E-state index contributed by atoms with van der Waals surface area (Å²) in [5.74, 6) is 0.0132. The lowest BCUT2D eigenvalue weighted by Crippen LogP contribution is -2.31. The molecule has 6 heteroatoms. The molecule has 0 aliphatic rings. The number of carbonyl (C=O) groups excluding carboxylic acids is 1. The highest BCUT2D eigenvalue weighted by atomic mass is 19.3. The number of hydrogen-bond acceptors (Lipinski definition) is 3. The number of amides is 1. The lowest BCUT2D eigenvalue weighted by molar-refractivity contribution is -0.124. The fourth-order valence-corrected chi connectivity index (χ4v) is 1.72. The molecular formula is C14H20F2N2O2. The molecule has 3 N–H and O–H groups in total. The molecule has 1 aromatic carbocycles. The molecule has 0 bridgehead atoms. The van der Waals surface area contributed by atoms with Crippen LogP contribution in [0.15, 0.2) is 24.3 Å². The van der Waals surface area contributed by atoms with E-state index in [1.54, 1.807) is 12.1 Å². The second-order valence-corrected chi connectivity index (χ2v) is 4.54. The second-order valence-electron chi connectivity index (χ2n) is 4.54. The van der Waals surface area contributed by atoms with E-state index in [-0.39, 0.29) is 17.6 Å². The van der Waals surface area contributed by atoms with Crippen molar-refractivity contribution in [2.75, 3.05) is 13.1 Å². The van der Waals surface area contributed by atoms with Crippen LogP contribution in [0.1, 0.15) is 18.9 Å². The molecule has 1 aromatic rings. The van der Waals surface area contributed by atoms with Crippen molar-refractivity contribution in [3.05, 3.63) is 29.8 Å². The molecule has 20 heavy (non-hydrogen) atoms. The molecule has 0 fully saturated rings. The van der Waals surface area contributed by atoms with Gasteiger partial charge in [0.1, 0.15) is 5.75 Å². The topological polar surface area (TPSA) is 64.4 Å². The molecule has 4 nitrogen and oxygen atoms in total. The second kappa shape index (κ2) is 8.47. The van der Waals surface area contributed by atoms with Crippen LogP contribution in [-0.2, 0) is 11.2 Å². The minimum atomic E-state index is -2.82. The zero-order valence-corrected chi connectivity index (χ0v) is 11.4. The zero-order valence-electron chi connectivity index (χ0n) is 11.4. The van der Waals surface area contributed by atoms with Gasteiger partial charge in [0.25, 0.3) is 0 Å². The molecule has 0 aromatic heterocycles. The first kappa shape index (κ1) is 16.4. The highest BCUT2D eigenvalue weighted by Crippen LogP contribution is 2.15. The van der Waals surface area contributed by atoms with Gasteiger partial charge in [-0.05, 0) is 37.1 Å². The van der Waals surface area contributed by atoms with Crippen molar-refractivity contribution in [1.82, 2.24) is 5.32 Å². The van der Waals surface area contributed by atoms with Crippen LogP contribution in [0.5, 0.6) is 5.75 Å². The molecule has 1 rings (SSSR count). The molecule has 1 unspecified atom stereocenters. The summed E-state index contributed by atoms with van der Waals surface area (Å²) in [7, 11) is 0. The van der Waals surface area contributed by atoms with Gasteiger partial charge in [0.2, 0.25) is 5.91 Å². The number of carbonyl (C=O) groups is 1. The summed E-state index contributed by atoms with van der Waals surface area (Å²) in [6.45, 7) is 0.00550. The summed E-state index contributed by atoms with van der Waals surface area (Å²) in [6, 6.07) is 6.38. The van der Waals surface area contributed by atoms with Gasteiger partial charge in [-0.25, -0.2) is 0 Å². The lowest BCUT2D eigenvalue weighted by atomic mass is 10.1. The Balaban J connectivity index is 2.33. The van der Waals surface area contributed by atoms with Crippen molar-refractivity contribution in [1.29, 1.82) is 0 Å². The van der Waals surface area contributed by atoms with E-state index in [2.05, 4.69) is 10.1 Å². The van der Waals surface area contributed by atoms with Gasteiger partial charge in [-0.2, -0.15) is 8.78 Å². The average molecular weight is 286 g/mol. The number of nitrogens with one attached hydrogen (secondary N) is 1. The maximum Gasteiger partial charge on any atom is 0.387 e. The van der Waals surface area contributed by atoms with Crippen molar-refractivity contribution in [3.8, 4) is 5.75 Å². The Labute approximate surface area is 117 Å². The third-order valence-corrected chi connectivity index (χ3v) is 2.91. The van der Waals surface area contributed by atoms with Crippen LogP contribution in [0.2, 0.25) is 0 Å². The zero-order chi connectivity index (χ0) is 15.0.